The largest absolute Gasteiger partial charge is 0.479 e. The van der Waals surface area contributed by atoms with Gasteiger partial charge in [0.25, 0.3) is 0 Å². The molecule has 6 rings (SSSR count). The molecule has 0 amide bonds. The minimum atomic E-state index is -1.03. The van der Waals surface area contributed by atoms with Gasteiger partial charge in [-0.1, -0.05) is 11.3 Å². The molecule has 0 saturated carbocycles. The van der Waals surface area contributed by atoms with Crippen LogP contribution in [0.1, 0.15) is 33.2 Å². The van der Waals surface area contributed by atoms with E-state index >= 15 is 4.39 Å². The van der Waals surface area contributed by atoms with Crippen LogP contribution >= 0.6 is 0 Å². The standard InChI is InChI=1S/C25H31FN8O2/c1-15(2)34-21-11-16(5-6-20(21)29-31-34)17-7-10-33-22(17)23(35-4)28-24(30-33)27-19-8-9-32(12-18(19)26)25(3)13-36-14-25/h5-7,10-11,15,18-19H,8-9,12-14H2,1-4H3,(H,27,30)/t18-,19+/m1/s1. The maximum absolute atomic E-state index is 15.1. The summed E-state index contributed by atoms with van der Waals surface area (Å²) < 4.78 is 29.8. The number of hydrogen-bond acceptors (Lipinski definition) is 8. The lowest BCUT2D eigenvalue weighted by Crippen LogP contribution is -2.64. The predicted molar refractivity (Wildman–Crippen MR) is 134 cm³/mol. The lowest BCUT2D eigenvalue weighted by molar-refractivity contribution is -0.142. The van der Waals surface area contributed by atoms with Crippen molar-refractivity contribution in [1.29, 1.82) is 0 Å². The first-order valence-corrected chi connectivity index (χ1v) is 12.4. The van der Waals surface area contributed by atoms with Gasteiger partial charge in [-0.05, 0) is 51.0 Å². The summed E-state index contributed by atoms with van der Waals surface area (Å²) in [6.45, 7) is 8.78. The van der Waals surface area contributed by atoms with E-state index in [0.29, 0.717) is 38.0 Å². The number of methoxy groups -OCH3 is 1. The van der Waals surface area contributed by atoms with Crippen molar-refractivity contribution in [1.82, 2.24) is 34.5 Å². The fraction of sp³-hybridized carbons (Fsp3) is 0.520. The molecule has 2 saturated heterocycles. The first kappa shape index (κ1) is 23.1. The lowest BCUT2D eigenvalue weighted by atomic mass is 9.92. The summed E-state index contributed by atoms with van der Waals surface area (Å²) in [6, 6.07) is 7.86. The Morgan fingerprint density at radius 1 is 1.25 bits per heavy atom. The third-order valence-electron chi connectivity index (χ3n) is 7.39. The Kier molecular flexibility index (Phi) is 5.56. The average molecular weight is 495 g/mol. The van der Waals surface area contributed by atoms with E-state index in [4.69, 9.17) is 9.47 Å². The summed E-state index contributed by atoms with van der Waals surface area (Å²) in [5, 5.41) is 16.4. The fourth-order valence-electron chi connectivity index (χ4n) is 5.22. The van der Waals surface area contributed by atoms with E-state index in [1.54, 1.807) is 11.6 Å². The van der Waals surface area contributed by atoms with E-state index in [-0.39, 0.29) is 17.6 Å². The third kappa shape index (κ3) is 3.77. The van der Waals surface area contributed by atoms with Crippen molar-refractivity contribution < 1.29 is 13.9 Å². The zero-order valence-electron chi connectivity index (χ0n) is 21.0. The molecule has 0 unspecified atom stereocenters. The molecule has 5 heterocycles. The molecule has 11 heteroatoms. The van der Waals surface area contributed by atoms with Crippen molar-refractivity contribution >= 4 is 22.5 Å². The van der Waals surface area contributed by atoms with Crippen LogP contribution in [0.25, 0.3) is 27.7 Å². The number of piperidine rings is 1. The highest BCUT2D eigenvalue weighted by Crippen LogP contribution is 2.34. The first-order chi connectivity index (χ1) is 17.4. The SMILES string of the molecule is COc1nc(N[C@H]2CCN(C3(C)COC3)C[C@H]2F)nn2ccc(-c3ccc4nnn(C(C)C)c4c3)c12. The first-order valence-electron chi connectivity index (χ1n) is 12.4. The van der Waals surface area contributed by atoms with Gasteiger partial charge in [-0.25, -0.2) is 13.6 Å². The van der Waals surface area contributed by atoms with Crippen molar-refractivity contribution in [3.8, 4) is 17.0 Å². The van der Waals surface area contributed by atoms with Gasteiger partial charge in [-0.2, -0.15) is 4.98 Å². The number of aromatic nitrogens is 6. The summed E-state index contributed by atoms with van der Waals surface area (Å²) >= 11 is 0. The number of anilines is 1. The second-order valence-corrected chi connectivity index (χ2v) is 10.3. The minimum Gasteiger partial charge on any atom is -0.479 e. The van der Waals surface area contributed by atoms with Crippen molar-refractivity contribution in [2.45, 2.75) is 51.0 Å². The zero-order valence-corrected chi connectivity index (χ0v) is 21.0. The van der Waals surface area contributed by atoms with E-state index < -0.39 is 6.17 Å². The van der Waals surface area contributed by atoms with E-state index in [1.165, 1.54) is 0 Å². The van der Waals surface area contributed by atoms with Gasteiger partial charge in [0.2, 0.25) is 11.8 Å². The van der Waals surface area contributed by atoms with Crippen LogP contribution in [0, 0.1) is 0 Å². The van der Waals surface area contributed by atoms with Gasteiger partial charge in [0, 0.05) is 30.9 Å². The van der Waals surface area contributed by atoms with Gasteiger partial charge in [0.05, 0.1) is 37.4 Å². The molecule has 2 fully saturated rings. The Morgan fingerprint density at radius 2 is 2.08 bits per heavy atom. The van der Waals surface area contributed by atoms with Gasteiger partial charge in [0.1, 0.15) is 17.2 Å². The molecule has 2 aliphatic rings. The highest BCUT2D eigenvalue weighted by Gasteiger charge is 2.43. The third-order valence-corrected chi connectivity index (χ3v) is 7.39. The Bertz CT molecular complexity index is 1410. The van der Waals surface area contributed by atoms with Crippen molar-refractivity contribution in [2.75, 3.05) is 38.7 Å². The Labute approximate surface area is 208 Å². The summed E-state index contributed by atoms with van der Waals surface area (Å²) in [6.07, 6.45) is 1.50. The monoisotopic (exact) mass is 494 g/mol. The maximum Gasteiger partial charge on any atom is 0.244 e. The maximum atomic E-state index is 15.1. The zero-order chi connectivity index (χ0) is 25.0. The molecule has 4 aromatic rings. The molecule has 2 atom stereocenters. The number of fused-ring (bicyclic) bond motifs is 2. The Balaban J connectivity index is 1.28. The summed E-state index contributed by atoms with van der Waals surface area (Å²) in [4.78, 5) is 6.80. The topological polar surface area (TPSA) is 94.6 Å². The second-order valence-electron chi connectivity index (χ2n) is 10.3. The molecule has 0 aliphatic carbocycles. The summed E-state index contributed by atoms with van der Waals surface area (Å²) in [5.74, 6) is 0.772. The number of likely N-dealkylation sites (tertiary alicyclic amines) is 1. The molecular weight excluding hydrogens is 463 g/mol. The number of ether oxygens (including phenoxy) is 2. The van der Waals surface area contributed by atoms with Crippen molar-refractivity contribution in [2.24, 2.45) is 0 Å². The second kappa shape index (κ2) is 8.67. The average Bonchev–Trinajstić information content (AvgIpc) is 3.47. The number of halogens is 1. The van der Waals surface area contributed by atoms with Crippen molar-refractivity contribution in [3.63, 3.8) is 0 Å². The molecule has 0 bridgehead atoms. The number of benzene rings is 1. The predicted octanol–water partition coefficient (Wildman–Crippen LogP) is 3.34. The molecular formula is C25H31FN8O2. The number of rotatable bonds is 6. The molecule has 36 heavy (non-hydrogen) atoms. The summed E-state index contributed by atoms with van der Waals surface area (Å²) in [7, 11) is 1.58. The fourth-order valence-corrected chi connectivity index (χ4v) is 5.22. The van der Waals surface area contributed by atoms with E-state index in [9.17, 15) is 0 Å². The van der Waals surface area contributed by atoms with Gasteiger partial charge in [0.15, 0.2) is 0 Å². The van der Waals surface area contributed by atoms with E-state index in [2.05, 4.69) is 57.4 Å². The molecule has 1 aromatic carbocycles. The van der Waals surface area contributed by atoms with Crippen LogP contribution in [0.5, 0.6) is 5.88 Å². The Hall–Kier alpha value is -3.31. The molecule has 10 nitrogen and oxygen atoms in total. The van der Waals surface area contributed by atoms with Crippen LogP contribution in [0.4, 0.5) is 10.3 Å². The van der Waals surface area contributed by atoms with E-state index in [0.717, 1.165) is 34.2 Å². The van der Waals surface area contributed by atoms with Crippen LogP contribution in [-0.2, 0) is 4.74 Å². The van der Waals surface area contributed by atoms with Gasteiger partial charge in [-0.3, -0.25) is 4.90 Å². The molecule has 2 aliphatic heterocycles. The lowest BCUT2D eigenvalue weighted by Gasteiger charge is -2.50. The van der Waals surface area contributed by atoms with Gasteiger partial charge >= 0.3 is 0 Å². The van der Waals surface area contributed by atoms with Crippen LogP contribution < -0.4 is 10.1 Å². The highest BCUT2D eigenvalue weighted by molar-refractivity contribution is 5.89. The van der Waals surface area contributed by atoms with Crippen LogP contribution in [0.15, 0.2) is 30.5 Å². The van der Waals surface area contributed by atoms with Crippen LogP contribution in [-0.4, -0.2) is 85.7 Å². The number of alkyl halides is 1. The van der Waals surface area contributed by atoms with Gasteiger partial charge < -0.3 is 14.8 Å². The Morgan fingerprint density at radius 3 is 2.78 bits per heavy atom. The smallest absolute Gasteiger partial charge is 0.244 e. The number of hydrogen-bond donors (Lipinski definition) is 1. The summed E-state index contributed by atoms with van der Waals surface area (Å²) in [5.41, 5.74) is 4.42. The van der Waals surface area contributed by atoms with E-state index in [1.807, 2.05) is 29.1 Å². The molecule has 1 N–H and O–H groups in total. The van der Waals surface area contributed by atoms with Gasteiger partial charge in [-0.15, -0.1) is 10.2 Å². The number of nitrogens with one attached hydrogen (secondary N) is 1. The highest BCUT2D eigenvalue weighted by atomic mass is 19.1. The normalized spacial score (nSPS) is 22.3. The molecule has 3 aromatic heterocycles. The molecule has 190 valence electrons. The van der Waals surface area contributed by atoms with Crippen LogP contribution in [0.3, 0.4) is 0 Å². The molecule has 0 radical (unpaired) electrons. The number of nitrogens with zero attached hydrogens (tertiary/aromatic N) is 7. The van der Waals surface area contributed by atoms with Crippen molar-refractivity contribution in [3.05, 3.63) is 30.5 Å². The minimum absolute atomic E-state index is 0.0541. The molecule has 0 spiro atoms. The van der Waals surface area contributed by atoms with Crippen LogP contribution in [0.2, 0.25) is 0 Å². The quantitative estimate of drug-likeness (QED) is 0.436.